The fourth-order valence-corrected chi connectivity index (χ4v) is 2.04. The molecule has 0 aromatic carbocycles. The third-order valence-corrected chi connectivity index (χ3v) is 3.23. The summed E-state index contributed by atoms with van der Waals surface area (Å²) >= 11 is 0. The molecule has 0 unspecified atom stereocenters. The Morgan fingerprint density at radius 1 is 1.36 bits per heavy atom. The van der Waals surface area contributed by atoms with E-state index in [9.17, 15) is 4.79 Å². The molecular formula is C13H20O. The van der Waals surface area contributed by atoms with E-state index >= 15 is 0 Å². The number of Topliss-reactive ketones (excluding diaryl/α,β-unsaturated/α-hetero) is 1. The van der Waals surface area contributed by atoms with Crippen molar-refractivity contribution in [1.82, 2.24) is 0 Å². The van der Waals surface area contributed by atoms with Crippen LogP contribution >= 0.6 is 0 Å². The molecule has 1 heteroatoms. The van der Waals surface area contributed by atoms with Crippen LogP contribution in [0.5, 0.6) is 0 Å². The minimum atomic E-state index is 0.295. The van der Waals surface area contributed by atoms with Gasteiger partial charge in [0.15, 0.2) is 0 Å². The molecule has 14 heavy (non-hydrogen) atoms. The van der Waals surface area contributed by atoms with Crippen LogP contribution in [0.25, 0.3) is 0 Å². The van der Waals surface area contributed by atoms with Crippen LogP contribution in [0.2, 0.25) is 0 Å². The topological polar surface area (TPSA) is 17.1 Å². The average Bonchev–Trinajstić information content (AvgIpc) is 2.14. The van der Waals surface area contributed by atoms with Crippen LogP contribution in [0.1, 0.15) is 52.9 Å². The second kappa shape index (κ2) is 4.64. The molecule has 0 saturated heterocycles. The molecule has 0 heterocycles. The van der Waals surface area contributed by atoms with Gasteiger partial charge in [-0.2, -0.15) is 0 Å². The summed E-state index contributed by atoms with van der Waals surface area (Å²) < 4.78 is 0. The lowest BCUT2D eigenvalue weighted by atomic mass is 9.72. The molecule has 1 fully saturated rings. The average molecular weight is 192 g/mol. The molecule has 1 nitrogen and oxygen atoms in total. The summed E-state index contributed by atoms with van der Waals surface area (Å²) in [5, 5.41) is 0. The predicted molar refractivity (Wildman–Crippen MR) is 58.8 cm³/mol. The maximum atomic E-state index is 11.7. The van der Waals surface area contributed by atoms with Crippen molar-refractivity contribution >= 4 is 5.78 Å². The van der Waals surface area contributed by atoms with Crippen LogP contribution in [-0.4, -0.2) is 5.78 Å². The third-order valence-electron chi connectivity index (χ3n) is 3.23. The van der Waals surface area contributed by atoms with E-state index in [1.165, 1.54) is 12.8 Å². The lowest BCUT2D eigenvalue weighted by Crippen LogP contribution is -2.25. The Bertz CT molecular complexity index is 255. The zero-order valence-electron chi connectivity index (χ0n) is 9.52. The van der Waals surface area contributed by atoms with Gasteiger partial charge in [-0.05, 0) is 38.0 Å². The van der Waals surface area contributed by atoms with Crippen LogP contribution in [-0.2, 0) is 4.79 Å². The highest BCUT2D eigenvalue weighted by Gasteiger charge is 2.29. The molecule has 0 aliphatic heterocycles. The molecule has 0 aromatic heterocycles. The normalized spacial score (nSPS) is 21.1. The van der Waals surface area contributed by atoms with Gasteiger partial charge < -0.3 is 0 Å². The van der Waals surface area contributed by atoms with Gasteiger partial charge in [0, 0.05) is 5.92 Å². The number of hydrogen-bond acceptors (Lipinski definition) is 1. The van der Waals surface area contributed by atoms with Gasteiger partial charge in [0.25, 0.3) is 0 Å². The van der Waals surface area contributed by atoms with E-state index < -0.39 is 0 Å². The second-order valence-corrected chi connectivity index (χ2v) is 5.01. The van der Waals surface area contributed by atoms with Crippen molar-refractivity contribution in [3.05, 3.63) is 0 Å². The Labute approximate surface area is 87.3 Å². The maximum absolute atomic E-state index is 11.7. The van der Waals surface area contributed by atoms with Gasteiger partial charge in [0.05, 0.1) is 6.42 Å². The quantitative estimate of drug-likeness (QED) is 0.614. The first-order valence-electron chi connectivity index (χ1n) is 5.47. The Balaban J connectivity index is 2.40. The molecule has 0 spiro atoms. The summed E-state index contributed by atoms with van der Waals surface area (Å²) in [6.07, 6.45) is 4.96. The van der Waals surface area contributed by atoms with Crippen LogP contribution < -0.4 is 0 Å². The number of carbonyl (C=O) groups excluding carboxylic acids is 1. The van der Waals surface area contributed by atoms with Crippen molar-refractivity contribution in [2.24, 2.45) is 11.3 Å². The van der Waals surface area contributed by atoms with Crippen LogP contribution in [0.15, 0.2) is 0 Å². The molecule has 1 aliphatic carbocycles. The number of rotatable bonds is 2. The zero-order valence-corrected chi connectivity index (χ0v) is 9.52. The molecule has 78 valence electrons. The first-order chi connectivity index (χ1) is 6.55. The molecule has 0 N–H and O–H groups in total. The standard InChI is InChI=1S/C13H20O/c1-4-5-6-12(14)11-7-9-13(2,3)10-8-11/h11H,6-10H2,1-3H3. The smallest absolute Gasteiger partial charge is 0.147 e. The Morgan fingerprint density at radius 3 is 2.43 bits per heavy atom. The first-order valence-corrected chi connectivity index (χ1v) is 5.47. The van der Waals surface area contributed by atoms with Crippen molar-refractivity contribution in [3.63, 3.8) is 0 Å². The monoisotopic (exact) mass is 192 g/mol. The fraction of sp³-hybridized carbons (Fsp3) is 0.769. The summed E-state index contributed by atoms with van der Waals surface area (Å²) in [5.41, 5.74) is 0.452. The summed E-state index contributed by atoms with van der Waals surface area (Å²) in [6, 6.07) is 0. The minimum absolute atomic E-state index is 0.295. The van der Waals surface area contributed by atoms with Crippen LogP contribution in [0.3, 0.4) is 0 Å². The van der Waals surface area contributed by atoms with Crippen molar-refractivity contribution in [2.75, 3.05) is 0 Å². The molecule has 0 atom stereocenters. The lowest BCUT2D eigenvalue weighted by Gasteiger charge is -2.33. The van der Waals surface area contributed by atoms with Gasteiger partial charge in [-0.25, -0.2) is 0 Å². The Morgan fingerprint density at radius 2 is 1.93 bits per heavy atom. The summed E-state index contributed by atoms with van der Waals surface area (Å²) in [6.45, 7) is 6.37. The van der Waals surface area contributed by atoms with Gasteiger partial charge >= 0.3 is 0 Å². The molecule has 1 rings (SSSR count). The number of hydrogen-bond donors (Lipinski definition) is 0. The van der Waals surface area contributed by atoms with Crippen LogP contribution in [0, 0.1) is 23.2 Å². The first kappa shape index (κ1) is 11.3. The van der Waals surface area contributed by atoms with Gasteiger partial charge in [0.1, 0.15) is 5.78 Å². The van der Waals surface area contributed by atoms with Crippen molar-refractivity contribution in [2.45, 2.75) is 52.9 Å². The van der Waals surface area contributed by atoms with E-state index in [1.807, 2.05) is 0 Å². The second-order valence-electron chi connectivity index (χ2n) is 5.01. The highest BCUT2D eigenvalue weighted by Crippen LogP contribution is 2.38. The van der Waals surface area contributed by atoms with E-state index in [0.29, 0.717) is 23.5 Å². The summed E-state index contributed by atoms with van der Waals surface area (Å²) in [4.78, 5) is 11.7. The molecule has 0 radical (unpaired) electrons. The van der Waals surface area contributed by atoms with Crippen molar-refractivity contribution in [1.29, 1.82) is 0 Å². The van der Waals surface area contributed by atoms with Crippen molar-refractivity contribution in [3.8, 4) is 11.8 Å². The lowest BCUT2D eigenvalue weighted by molar-refractivity contribution is -0.123. The van der Waals surface area contributed by atoms with E-state index in [1.54, 1.807) is 6.92 Å². The number of ketones is 1. The van der Waals surface area contributed by atoms with E-state index in [4.69, 9.17) is 0 Å². The largest absolute Gasteiger partial charge is 0.298 e. The van der Waals surface area contributed by atoms with Gasteiger partial charge in [0.2, 0.25) is 0 Å². The SMILES string of the molecule is CC#CCC(=O)C1CCC(C)(C)CC1. The zero-order chi connectivity index (χ0) is 10.6. The molecule has 1 saturated carbocycles. The predicted octanol–water partition coefficient (Wildman–Crippen LogP) is 3.19. The van der Waals surface area contributed by atoms with E-state index in [-0.39, 0.29) is 0 Å². The van der Waals surface area contributed by atoms with E-state index in [2.05, 4.69) is 25.7 Å². The van der Waals surface area contributed by atoms with Crippen molar-refractivity contribution < 1.29 is 4.79 Å². The van der Waals surface area contributed by atoms with Gasteiger partial charge in [-0.15, -0.1) is 5.92 Å². The molecule has 0 bridgehead atoms. The highest BCUT2D eigenvalue weighted by atomic mass is 16.1. The Hall–Kier alpha value is -0.770. The molecule has 1 aliphatic rings. The fourth-order valence-electron chi connectivity index (χ4n) is 2.04. The Kier molecular flexibility index (Phi) is 3.75. The van der Waals surface area contributed by atoms with Gasteiger partial charge in [-0.3, -0.25) is 4.79 Å². The third kappa shape index (κ3) is 3.18. The maximum Gasteiger partial charge on any atom is 0.147 e. The molecular weight excluding hydrogens is 172 g/mol. The number of carbonyl (C=O) groups is 1. The highest BCUT2D eigenvalue weighted by molar-refractivity contribution is 5.83. The summed E-state index contributed by atoms with van der Waals surface area (Å²) in [7, 11) is 0. The molecule has 0 aromatic rings. The van der Waals surface area contributed by atoms with Gasteiger partial charge in [-0.1, -0.05) is 19.8 Å². The minimum Gasteiger partial charge on any atom is -0.298 e. The summed E-state index contributed by atoms with van der Waals surface area (Å²) in [5.74, 6) is 6.30. The molecule has 0 amide bonds. The van der Waals surface area contributed by atoms with E-state index in [0.717, 1.165) is 12.8 Å². The van der Waals surface area contributed by atoms with Crippen LogP contribution in [0.4, 0.5) is 0 Å².